The quantitative estimate of drug-likeness (QED) is 0.752. The summed E-state index contributed by atoms with van der Waals surface area (Å²) in [6.07, 6.45) is 0. The highest BCUT2D eigenvalue weighted by Gasteiger charge is 2.11. The van der Waals surface area contributed by atoms with Crippen LogP contribution in [0.15, 0.2) is 48.5 Å². The lowest BCUT2D eigenvalue weighted by Crippen LogP contribution is -2.86. The molecule has 0 spiro atoms. The lowest BCUT2D eigenvalue weighted by molar-refractivity contribution is -0.682. The number of rotatable bonds is 5. The van der Waals surface area contributed by atoms with Gasteiger partial charge in [0.05, 0.1) is 0 Å². The Balaban J connectivity index is 1.87. The Bertz CT molecular complexity index is 613. The van der Waals surface area contributed by atoms with Crippen LogP contribution in [-0.2, 0) is 4.79 Å². The molecule has 0 aromatic heterocycles. The highest BCUT2D eigenvalue weighted by atomic mass is 127. The molecule has 0 aliphatic heterocycles. The summed E-state index contributed by atoms with van der Waals surface area (Å²) < 4.78 is 1.17. The third-order valence-corrected chi connectivity index (χ3v) is 4.12. The van der Waals surface area contributed by atoms with E-state index >= 15 is 0 Å². The first-order valence-electron chi connectivity index (χ1n) is 7.00. The molecular formula is C17H20IN2O+. The maximum atomic E-state index is 12.0. The molecule has 0 fully saturated rings. The van der Waals surface area contributed by atoms with Gasteiger partial charge in [-0.25, -0.2) is 0 Å². The average Bonchev–Trinajstić information content (AvgIpc) is 2.48. The van der Waals surface area contributed by atoms with E-state index in [1.54, 1.807) is 0 Å². The zero-order valence-electron chi connectivity index (χ0n) is 12.3. The third-order valence-electron chi connectivity index (χ3n) is 3.44. The molecule has 110 valence electrons. The summed E-state index contributed by atoms with van der Waals surface area (Å²) in [5, 5.41) is 5.02. The minimum Gasteiger partial charge on any atom is -0.333 e. The molecule has 2 aromatic rings. The van der Waals surface area contributed by atoms with E-state index in [0.29, 0.717) is 6.54 Å². The minimum atomic E-state index is 0.0297. The predicted molar refractivity (Wildman–Crippen MR) is 94.2 cm³/mol. The van der Waals surface area contributed by atoms with Crippen LogP contribution in [0.3, 0.4) is 0 Å². The van der Waals surface area contributed by atoms with Gasteiger partial charge in [0.2, 0.25) is 0 Å². The summed E-state index contributed by atoms with van der Waals surface area (Å²) in [5.41, 5.74) is 3.21. The number of anilines is 1. The van der Waals surface area contributed by atoms with E-state index in [-0.39, 0.29) is 11.9 Å². The van der Waals surface area contributed by atoms with Gasteiger partial charge >= 0.3 is 0 Å². The third kappa shape index (κ3) is 4.82. The number of quaternary nitrogens is 1. The monoisotopic (exact) mass is 395 g/mol. The molecule has 3 nitrogen and oxygen atoms in total. The van der Waals surface area contributed by atoms with E-state index in [2.05, 4.69) is 53.0 Å². The first-order chi connectivity index (χ1) is 10.1. The Morgan fingerprint density at radius 3 is 2.62 bits per heavy atom. The van der Waals surface area contributed by atoms with Crippen LogP contribution in [0.1, 0.15) is 24.1 Å². The van der Waals surface area contributed by atoms with Crippen LogP contribution in [0.4, 0.5) is 5.69 Å². The van der Waals surface area contributed by atoms with Crippen LogP contribution in [-0.4, -0.2) is 12.5 Å². The van der Waals surface area contributed by atoms with Crippen molar-refractivity contribution < 1.29 is 10.1 Å². The van der Waals surface area contributed by atoms with Gasteiger partial charge in [0, 0.05) is 14.8 Å². The molecule has 0 bridgehead atoms. The van der Waals surface area contributed by atoms with E-state index in [1.165, 1.54) is 9.13 Å². The van der Waals surface area contributed by atoms with Gasteiger partial charge in [-0.05, 0) is 60.2 Å². The molecule has 3 N–H and O–H groups in total. The number of benzene rings is 2. The number of halogens is 1. The van der Waals surface area contributed by atoms with E-state index in [0.717, 1.165) is 11.3 Å². The highest BCUT2D eigenvalue weighted by molar-refractivity contribution is 14.1. The van der Waals surface area contributed by atoms with Gasteiger partial charge in [0.25, 0.3) is 5.91 Å². The van der Waals surface area contributed by atoms with Crippen LogP contribution in [0, 0.1) is 10.5 Å². The number of nitrogens with one attached hydrogen (secondary N) is 1. The fraction of sp³-hybridized carbons (Fsp3) is 0.235. The van der Waals surface area contributed by atoms with Gasteiger partial charge in [-0.2, -0.15) is 0 Å². The maximum Gasteiger partial charge on any atom is 0.279 e. The summed E-state index contributed by atoms with van der Waals surface area (Å²) >= 11 is 2.27. The maximum absolute atomic E-state index is 12.0. The molecule has 0 saturated heterocycles. The van der Waals surface area contributed by atoms with Crippen molar-refractivity contribution in [1.82, 2.24) is 0 Å². The Kier molecular flexibility index (Phi) is 5.76. The number of aryl methyl sites for hydroxylation is 1. The Morgan fingerprint density at radius 2 is 1.95 bits per heavy atom. The molecule has 0 heterocycles. The first-order valence-corrected chi connectivity index (χ1v) is 8.08. The summed E-state index contributed by atoms with van der Waals surface area (Å²) in [6.45, 7) is 4.54. The summed E-state index contributed by atoms with van der Waals surface area (Å²) in [4.78, 5) is 12.0. The van der Waals surface area contributed by atoms with Gasteiger partial charge in [0.15, 0.2) is 6.54 Å². The van der Waals surface area contributed by atoms with Crippen molar-refractivity contribution in [2.75, 3.05) is 11.9 Å². The van der Waals surface area contributed by atoms with Crippen LogP contribution in [0.5, 0.6) is 0 Å². The van der Waals surface area contributed by atoms with Crippen molar-refractivity contribution in [3.05, 3.63) is 63.2 Å². The normalized spacial score (nSPS) is 12.0. The van der Waals surface area contributed by atoms with Crippen molar-refractivity contribution in [3.63, 3.8) is 0 Å². The number of amides is 1. The average molecular weight is 395 g/mol. The van der Waals surface area contributed by atoms with Crippen molar-refractivity contribution >= 4 is 34.2 Å². The van der Waals surface area contributed by atoms with Gasteiger partial charge in [0.1, 0.15) is 6.04 Å². The molecule has 1 amide bonds. The minimum absolute atomic E-state index is 0.0297. The number of carbonyl (C=O) groups is 1. The fourth-order valence-corrected chi connectivity index (χ4v) is 2.79. The summed E-state index contributed by atoms with van der Waals surface area (Å²) in [6, 6.07) is 16.5. The number of hydrogen-bond acceptors (Lipinski definition) is 1. The van der Waals surface area contributed by atoms with Gasteiger partial charge < -0.3 is 10.6 Å². The topological polar surface area (TPSA) is 45.7 Å². The Hall–Kier alpha value is -1.40. The molecule has 0 aliphatic rings. The van der Waals surface area contributed by atoms with Crippen molar-refractivity contribution in [3.8, 4) is 0 Å². The summed E-state index contributed by atoms with van der Waals surface area (Å²) in [5.74, 6) is 0.0297. The summed E-state index contributed by atoms with van der Waals surface area (Å²) in [7, 11) is 0. The van der Waals surface area contributed by atoms with E-state index in [9.17, 15) is 4.79 Å². The standard InChI is InChI=1S/C17H19IN2O/c1-12-10-15(18)8-9-16(12)20-17(21)11-19-13(2)14-6-4-3-5-7-14/h3-10,13,19H,11H2,1-2H3,(H,20,21)/p+1/t13-/m0/s1. The van der Waals surface area contributed by atoms with E-state index in [1.807, 2.05) is 42.6 Å². The van der Waals surface area contributed by atoms with Crippen molar-refractivity contribution in [2.45, 2.75) is 19.9 Å². The zero-order valence-corrected chi connectivity index (χ0v) is 14.4. The SMILES string of the molecule is Cc1cc(I)ccc1NC(=O)C[NH2+][C@@H](C)c1ccccc1. The Morgan fingerprint density at radius 1 is 1.24 bits per heavy atom. The van der Waals surface area contributed by atoms with E-state index < -0.39 is 0 Å². The number of carbonyl (C=O) groups excluding carboxylic acids is 1. The predicted octanol–water partition coefficient (Wildman–Crippen LogP) is 2.86. The second-order valence-electron chi connectivity index (χ2n) is 5.15. The molecule has 0 unspecified atom stereocenters. The molecule has 21 heavy (non-hydrogen) atoms. The Labute approximate surface area is 139 Å². The van der Waals surface area contributed by atoms with Gasteiger partial charge in [-0.15, -0.1) is 0 Å². The molecular weight excluding hydrogens is 375 g/mol. The number of nitrogens with two attached hydrogens (primary N) is 1. The largest absolute Gasteiger partial charge is 0.333 e. The molecule has 0 saturated carbocycles. The van der Waals surface area contributed by atoms with Crippen molar-refractivity contribution in [1.29, 1.82) is 0 Å². The van der Waals surface area contributed by atoms with Crippen LogP contribution < -0.4 is 10.6 Å². The second kappa shape index (κ2) is 7.56. The molecule has 0 aliphatic carbocycles. The van der Waals surface area contributed by atoms with Crippen LogP contribution in [0.2, 0.25) is 0 Å². The molecule has 2 aromatic carbocycles. The zero-order chi connectivity index (χ0) is 15.2. The van der Waals surface area contributed by atoms with Crippen LogP contribution >= 0.6 is 22.6 Å². The lowest BCUT2D eigenvalue weighted by atomic mass is 10.1. The molecule has 4 heteroatoms. The second-order valence-corrected chi connectivity index (χ2v) is 6.39. The molecule has 1 atom stereocenters. The highest BCUT2D eigenvalue weighted by Crippen LogP contribution is 2.17. The molecule has 2 rings (SSSR count). The molecule has 0 radical (unpaired) electrons. The first kappa shape index (κ1) is 16.0. The number of hydrogen-bond donors (Lipinski definition) is 2. The van der Waals surface area contributed by atoms with E-state index in [4.69, 9.17) is 0 Å². The smallest absolute Gasteiger partial charge is 0.279 e. The van der Waals surface area contributed by atoms with Crippen LogP contribution in [0.25, 0.3) is 0 Å². The van der Waals surface area contributed by atoms with Gasteiger partial charge in [-0.1, -0.05) is 30.3 Å². The van der Waals surface area contributed by atoms with Crippen molar-refractivity contribution in [2.24, 2.45) is 0 Å². The fourth-order valence-electron chi connectivity index (χ4n) is 2.15. The lowest BCUT2D eigenvalue weighted by Gasteiger charge is -2.12. The van der Waals surface area contributed by atoms with Gasteiger partial charge in [-0.3, -0.25) is 4.79 Å².